The van der Waals surface area contributed by atoms with Crippen molar-refractivity contribution in [2.75, 3.05) is 11.9 Å². The Bertz CT molecular complexity index is 571. The van der Waals surface area contributed by atoms with Crippen LogP contribution in [0.5, 0.6) is 0 Å². The first kappa shape index (κ1) is 13.8. The molecule has 0 fully saturated rings. The van der Waals surface area contributed by atoms with E-state index < -0.39 is 0 Å². The lowest BCUT2D eigenvalue weighted by molar-refractivity contribution is 0.0527. The van der Waals surface area contributed by atoms with Gasteiger partial charge in [-0.05, 0) is 19.1 Å². The van der Waals surface area contributed by atoms with Crippen molar-refractivity contribution in [3.05, 3.63) is 45.4 Å². The third kappa shape index (κ3) is 3.68. The van der Waals surface area contributed by atoms with Gasteiger partial charge in [-0.15, -0.1) is 11.3 Å². The molecule has 100 valence electrons. The number of aromatic nitrogens is 1. The maximum atomic E-state index is 11.8. The van der Waals surface area contributed by atoms with Gasteiger partial charge in [-0.25, -0.2) is 9.78 Å². The third-order valence-electron chi connectivity index (χ3n) is 2.40. The Kier molecular flexibility index (Phi) is 4.76. The van der Waals surface area contributed by atoms with E-state index in [1.165, 1.54) is 11.3 Å². The molecule has 2 rings (SSSR count). The fourth-order valence-electron chi connectivity index (χ4n) is 1.57. The van der Waals surface area contributed by atoms with E-state index in [1.54, 1.807) is 25.3 Å². The molecule has 0 atom stereocenters. The van der Waals surface area contributed by atoms with Crippen molar-refractivity contribution < 1.29 is 9.53 Å². The quantitative estimate of drug-likeness (QED) is 0.857. The number of nitrogens with zero attached hydrogens (tertiary/aromatic N) is 1. The summed E-state index contributed by atoms with van der Waals surface area (Å²) in [5.74, 6) is -0.326. The van der Waals surface area contributed by atoms with Crippen LogP contribution in [0, 0.1) is 0 Å². The number of esters is 1. The zero-order valence-electron chi connectivity index (χ0n) is 10.4. The average molecular weight is 297 g/mol. The van der Waals surface area contributed by atoms with Gasteiger partial charge in [-0.3, -0.25) is 0 Å². The van der Waals surface area contributed by atoms with Crippen molar-refractivity contribution >= 4 is 34.6 Å². The van der Waals surface area contributed by atoms with Crippen LogP contribution in [0.25, 0.3) is 0 Å². The lowest BCUT2D eigenvalue weighted by Crippen LogP contribution is -2.09. The first-order chi connectivity index (χ1) is 9.20. The first-order valence-corrected chi connectivity index (χ1v) is 7.00. The van der Waals surface area contributed by atoms with E-state index in [0.29, 0.717) is 23.2 Å². The van der Waals surface area contributed by atoms with Crippen LogP contribution in [0.15, 0.2) is 30.5 Å². The number of halogens is 1. The van der Waals surface area contributed by atoms with E-state index in [-0.39, 0.29) is 5.97 Å². The molecule has 0 radical (unpaired) electrons. The van der Waals surface area contributed by atoms with Gasteiger partial charge in [0.05, 0.1) is 18.7 Å². The standard InChI is InChI=1S/C13H13ClN2O2S/c1-2-18-12(17)10-5-3-4-6-11(10)15-7-9-8-16-13(14)19-9/h3-6,8,15H,2,7H2,1H3. The zero-order valence-corrected chi connectivity index (χ0v) is 11.9. The van der Waals surface area contributed by atoms with Crippen LogP contribution >= 0.6 is 22.9 Å². The van der Waals surface area contributed by atoms with Crippen molar-refractivity contribution in [1.82, 2.24) is 4.98 Å². The summed E-state index contributed by atoms with van der Waals surface area (Å²) in [4.78, 5) is 16.8. The van der Waals surface area contributed by atoms with Gasteiger partial charge in [0, 0.05) is 16.8 Å². The maximum absolute atomic E-state index is 11.8. The number of hydrogen-bond acceptors (Lipinski definition) is 5. The second kappa shape index (κ2) is 6.54. The lowest BCUT2D eigenvalue weighted by Gasteiger charge is -2.10. The molecule has 1 aromatic carbocycles. The maximum Gasteiger partial charge on any atom is 0.340 e. The summed E-state index contributed by atoms with van der Waals surface area (Å²) < 4.78 is 5.52. The number of ether oxygens (including phenoxy) is 1. The molecule has 1 N–H and O–H groups in total. The van der Waals surface area contributed by atoms with E-state index in [2.05, 4.69) is 10.3 Å². The summed E-state index contributed by atoms with van der Waals surface area (Å²) in [6.45, 7) is 2.71. The third-order valence-corrected chi connectivity index (χ3v) is 3.52. The molecule has 0 amide bonds. The number of thiazole rings is 1. The van der Waals surface area contributed by atoms with Gasteiger partial charge in [0.2, 0.25) is 0 Å². The van der Waals surface area contributed by atoms with Crippen LogP contribution in [0.2, 0.25) is 4.47 Å². The van der Waals surface area contributed by atoms with Gasteiger partial charge in [-0.2, -0.15) is 0 Å². The highest BCUT2D eigenvalue weighted by molar-refractivity contribution is 7.15. The summed E-state index contributed by atoms with van der Waals surface area (Å²) in [7, 11) is 0. The van der Waals surface area contributed by atoms with Crippen LogP contribution in [-0.4, -0.2) is 17.6 Å². The molecule has 0 bridgehead atoms. The SMILES string of the molecule is CCOC(=O)c1ccccc1NCc1cnc(Cl)s1. The Hall–Kier alpha value is -1.59. The molecule has 0 spiro atoms. The van der Waals surface area contributed by atoms with Gasteiger partial charge in [-0.1, -0.05) is 23.7 Å². The van der Waals surface area contributed by atoms with Crippen LogP contribution < -0.4 is 5.32 Å². The predicted octanol–water partition coefficient (Wildman–Crippen LogP) is 3.59. The van der Waals surface area contributed by atoms with Crippen LogP contribution in [-0.2, 0) is 11.3 Å². The summed E-state index contributed by atoms with van der Waals surface area (Å²) in [6.07, 6.45) is 1.72. The molecular formula is C13H13ClN2O2S. The van der Waals surface area contributed by atoms with Crippen molar-refractivity contribution in [3.8, 4) is 0 Å². The Morgan fingerprint density at radius 3 is 2.95 bits per heavy atom. The van der Waals surface area contributed by atoms with Crippen LogP contribution in [0.1, 0.15) is 22.2 Å². The molecule has 1 heterocycles. The number of para-hydroxylation sites is 1. The summed E-state index contributed by atoms with van der Waals surface area (Å²) in [5.41, 5.74) is 1.27. The Labute approximate surface area is 120 Å². The van der Waals surface area contributed by atoms with Crippen molar-refractivity contribution in [2.24, 2.45) is 0 Å². The molecule has 4 nitrogen and oxygen atoms in total. The van der Waals surface area contributed by atoms with E-state index in [4.69, 9.17) is 16.3 Å². The van der Waals surface area contributed by atoms with Gasteiger partial charge < -0.3 is 10.1 Å². The van der Waals surface area contributed by atoms with Crippen molar-refractivity contribution in [2.45, 2.75) is 13.5 Å². The second-order valence-corrected chi connectivity index (χ2v) is 5.40. The normalized spacial score (nSPS) is 10.2. The molecule has 0 aliphatic heterocycles. The number of nitrogens with one attached hydrogen (secondary N) is 1. The van der Waals surface area contributed by atoms with Gasteiger partial charge in [0.15, 0.2) is 4.47 Å². The van der Waals surface area contributed by atoms with Crippen LogP contribution in [0.4, 0.5) is 5.69 Å². The largest absolute Gasteiger partial charge is 0.462 e. The molecule has 0 saturated carbocycles. The van der Waals surface area contributed by atoms with Crippen molar-refractivity contribution in [3.63, 3.8) is 0 Å². The summed E-state index contributed by atoms with van der Waals surface area (Å²) in [5, 5.41) is 3.19. The molecule has 19 heavy (non-hydrogen) atoms. The fraction of sp³-hybridized carbons (Fsp3) is 0.231. The topological polar surface area (TPSA) is 51.2 Å². The fourth-order valence-corrected chi connectivity index (χ4v) is 2.49. The highest BCUT2D eigenvalue weighted by Crippen LogP contribution is 2.21. The van der Waals surface area contributed by atoms with Crippen LogP contribution in [0.3, 0.4) is 0 Å². The minimum Gasteiger partial charge on any atom is -0.462 e. The van der Waals surface area contributed by atoms with E-state index in [1.807, 2.05) is 12.1 Å². The van der Waals surface area contributed by atoms with E-state index in [9.17, 15) is 4.79 Å². The molecule has 2 aromatic rings. The molecule has 0 aliphatic rings. The highest BCUT2D eigenvalue weighted by Gasteiger charge is 2.11. The number of carbonyl (C=O) groups excluding carboxylic acids is 1. The summed E-state index contributed by atoms with van der Waals surface area (Å²) in [6, 6.07) is 7.25. The summed E-state index contributed by atoms with van der Waals surface area (Å²) >= 11 is 7.18. The van der Waals surface area contributed by atoms with E-state index in [0.717, 1.165) is 10.6 Å². The molecule has 0 aliphatic carbocycles. The van der Waals surface area contributed by atoms with Gasteiger partial charge >= 0.3 is 5.97 Å². The second-order valence-electron chi connectivity index (χ2n) is 3.70. The first-order valence-electron chi connectivity index (χ1n) is 5.81. The Morgan fingerprint density at radius 2 is 2.26 bits per heavy atom. The minimum absolute atomic E-state index is 0.326. The number of anilines is 1. The number of benzene rings is 1. The van der Waals surface area contributed by atoms with Crippen molar-refractivity contribution in [1.29, 1.82) is 0 Å². The molecular weight excluding hydrogens is 284 g/mol. The minimum atomic E-state index is -0.326. The molecule has 0 unspecified atom stereocenters. The number of rotatable bonds is 5. The van der Waals surface area contributed by atoms with Gasteiger partial charge in [0.1, 0.15) is 0 Å². The monoisotopic (exact) mass is 296 g/mol. The zero-order chi connectivity index (χ0) is 13.7. The molecule has 6 heteroatoms. The number of carbonyl (C=O) groups is 1. The van der Waals surface area contributed by atoms with E-state index >= 15 is 0 Å². The smallest absolute Gasteiger partial charge is 0.340 e. The molecule has 1 aromatic heterocycles. The lowest BCUT2D eigenvalue weighted by atomic mass is 10.2. The highest BCUT2D eigenvalue weighted by atomic mass is 35.5. The van der Waals surface area contributed by atoms with Gasteiger partial charge in [0.25, 0.3) is 0 Å². The average Bonchev–Trinajstić information content (AvgIpc) is 2.83. The Balaban J connectivity index is 2.09. The Morgan fingerprint density at radius 1 is 1.47 bits per heavy atom. The number of hydrogen-bond donors (Lipinski definition) is 1. The predicted molar refractivity (Wildman–Crippen MR) is 76.8 cm³/mol. The molecule has 0 saturated heterocycles.